The van der Waals surface area contributed by atoms with Gasteiger partial charge in [-0.05, 0) is 32.0 Å². The van der Waals surface area contributed by atoms with E-state index < -0.39 is 0 Å². The molecule has 0 amide bonds. The van der Waals surface area contributed by atoms with Crippen molar-refractivity contribution in [1.29, 1.82) is 0 Å². The first kappa shape index (κ1) is 11.0. The van der Waals surface area contributed by atoms with Crippen molar-refractivity contribution in [2.45, 2.75) is 20.5 Å². The molecular weight excluding hydrogens is 230 g/mol. The highest BCUT2D eigenvalue weighted by Crippen LogP contribution is 2.31. The highest BCUT2D eigenvalue weighted by atomic mass is 16.3. The molecule has 4 nitrogen and oxygen atoms in total. The van der Waals surface area contributed by atoms with E-state index in [0.29, 0.717) is 17.1 Å². The van der Waals surface area contributed by atoms with Gasteiger partial charge < -0.3 is 13.9 Å². The van der Waals surface area contributed by atoms with Crippen molar-refractivity contribution in [3.8, 4) is 11.5 Å². The molecule has 1 N–H and O–H groups in total. The Kier molecular flexibility index (Phi) is 2.45. The third-order valence-electron chi connectivity index (χ3n) is 2.83. The zero-order valence-corrected chi connectivity index (χ0v) is 10.2. The molecule has 0 aliphatic carbocycles. The molecule has 18 heavy (non-hydrogen) atoms. The van der Waals surface area contributed by atoms with Gasteiger partial charge in [-0.15, -0.1) is 0 Å². The lowest BCUT2D eigenvalue weighted by Crippen LogP contribution is -1.91. The first-order valence-corrected chi connectivity index (χ1v) is 5.75. The Balaban J connectivity index is 2.31. The Hall–Kier alpha value is -2.07. The largest absolute Gasteiger partial charge is 0.461 e. The molecule has 0 aliphatic rings. The van der Waals surface area contributed by atoms with Gasteiger partial charge in [0.15, 0.2) is 5.76 Å². The summed E-state index contributed by atoms with van der Waals surface area (Å²) in [5, 5.41) is 10.1. The molecular formula is C14H13NO3. The fourth-order valence-corrected chi connectivity index (χ4v) is 2.04. The zero-order chi connectivity index (χ0) is 12.7. The first-order valence-electron chi connectivity index (χ1n) is 5.75. The van der Waals surface area contributed by atoms with E-state index in [2.05, 4.69) is 4.98 Å². The Bertz CT molecular complexity index is 709. The van der Waals surface area contributed by atoms with Crippen molar-refractivity contribution in [2.75, 3.05) is 0 Å². The number of rotatable bonds is 2. The van der Waals surface area contributed by atoms with E-state index in [9.17, 15) is 5.11 Å². The van der Waals surface area contributed by atoms with Crippen LogP contribution in [0, 0.1) is 13.8 Å². The van der Waals surface area contributed by atoms with E-state index in [0.717, 1.165) is 22.5 Å². The van der Waals surface area contributed by atoms with Gasteiger partial charge in [-0.3, -0.25) is 0 Å². The maximum absolute atomic E-state index is 9.25. The zero-order valence-electron chi connectivity index (χ0n) is 10.2. The summed E-state index contributed by atoms with van der Waals surface area (Å²) in [6, 6.07) is 7.44. The predicted octanol–water partition coefficient (Wildman–Crippen LogP) is 3.20. The molecule has 3 heterocycles. The van der Waals surface area contributed by atoms with Gasteiger partial charge in [0.2, 0.25) is 0 Å². The van der Waals surface area contributed by atoms with Crippen LogP contribution in [0.1, 0.15) is 17.2 Å². The first-order chi connectivity index (χ1) is 8.67. The molecule has 0 unspecified atom stereocenters. The van der Waals surface area contributed by atoms with Crippen LogP contribution in [0.15, 0.2) is 33.1 Å². The molecule has 0 saturated carbocycles. The highest BCUT2D eigenvalue weighted by molar-refractivity contribution is 5.91. The minimum atomic E-state index is -0.123. The Labute approximate surface area is 104 Å². The van der Waals surface area contributed by atoms with E-state index in [1.165, 1.54) is 0 Å². The van der Waals surface area contributed by atoms with Crippen molar-refractivity contribution < 1.29 is 13.9 Å². The van der Waals surface area contributed by atoms with Crippen molar-refractivity contribution >= 4 is 11.0 Å². The number of aryl methyl sites for hydroxylation is 2. The van der Waals surface area contributed by atoms with Crippen molar-refractivity contribution in [2.24, 2.45) is 0 Å². The molecule has 4 heteroatoms. The van der Waals surface area contributed by atoms with Crippen LogP contribution in [-0.4, -0.2) is 10.1 Å². The Morgan fingerprint density at radius 3 is 2.61 bits per heavy atom. The maximum atomic E-state index is 9.25. The van der Waals surface area contributed by atoms with Crippen molar-refractivity contribution in [3.05, 3.63) is 41.5 Å². The number of fused-ring (bicyclic) bond motifs is 1. The van der Waals surface area contributed by atoms with Crippen LogP contribution in [0.3, 0.4) is 0 Å². The van der Waals surface area contributed by atoms with Gasteiger partial charge in [-0.25, -0.2) is 4.98 Å². The molecule has 0 aromatic carbocycles. The Morgan fingerprint density at radius 2 is 1.94 bits per heavy atom. The fourth-order valence-electron chi connectivity index (χ4n) is 2.04. The number of nitrogens with zero attached hydrogens (tertiary/aromatic N) is 1. The predicted molar refractivity (Wildman–Crippen MR) is 67.1 cm³/mol. The third kappa shape index (κ3) is 1.71. The topological polar surface area (TPSA) is 59.4 Å². The summed E-state index contributed by atoms with van der Waals surface area (Å²) < 4.78 is 11.2. The van der Waals surface area contributed by atoms with Gasteiger partial charge in [0, 0.05) is 6.07 Å². The van der Waals surface area contributed by atoms with Gasteiger partial charge in [-0.1, -0.05) is 0 Å². The van der Waals surface area contributed by atoms with E-state index in [1.54, 1.807) is 6.07 Å². The molecule has 92 valence electrons. The lowest BCUT2D eigenvalue weighted by atomic mass is 10.1. The molecule has 0 fully saturated rings. The summed E-state index contributed by atoms with van der Waals surface area (Å²) in [5.74, 6) is 2.33. The number of pyridine rings is 1. The molecule has 0 aliphatic heterocycles. The summed E-state index contributed by atoms with van der Waals surface area (Å²) in [5.41, 5.74) is 2.00. The average molecular weight is 243 g/mol. The lowest BCUT2D eigenvalue weighted by molar-refractivity contribution is 0.277. The summed E-state index contributed by atoms with van der Waals surface area (Å²) >= 11 is 0. The molecule has 3 aromatic rings. The molecule has 0 spiro atoms. The van der Waals surface area contributed by atoms with Crippen LogP contribution in [-0.2, 0) is 6.61 Å². The van der Waals surface area contributed by atoms with Gasteiger partial charge in [-0.2, -0.15) is 0 Å². The number of hydrogen-bond donors (Lipinski definition) is 1. The van der Waals surface area contributed by atoms with Gasteiger partial charge in [0.05, 0.1) is 17.7 Å². The van der Waals surface area contributed by atoms with E-state index in [-0.39, 0.29) is 6.61 Å². The fraction of sp³-hybridized carbons (Fsp3) is 0.214. The molecule has 0 saturated heterocycles. The highest BCUT2D eigenvalue weighted by Gasteiger charge is 2.14. The summed E-state index contributed by atoms with van der Waals surface area (Å²) in [6.45, 7) is 3.65. The van der Waals surface area contributed by atoms with E-state index in [1.807, 2.05) is 32.0 Å². The van der Waals surface area contributed by atoms with Gasteiger partial charge >= 0.3 is 0 Å². The summed E-state index contributed by atoms with van der Waals surface area (Å²) in [6.07, 6.45) is 0. The smallest absolute Gasteiger partial charge is 0.153 e. The normalized spacial score (nSPS) is 11.3. The molecule has 0 bridgehead atoms. The Morgan fingerprint density at radius 1 is 1.11 bits per heavy atom. The molecule has 0 radical (unpaired) electrons. The minimum Gasteiger partial charge on any atom is -0.461 e. The second kappa shape index (κ2) is 3.99. The van der Waals surface area contributed by atoms with Gasteiger partial charge in [0.25, 0.3) is 0 Å². The molecule has 0 atom stereocenters. The van der Waals surface area contributed by atoms with Crippen LogP contribution in [0.4, 0.5) is 0 Å². The number of aliphatic hydroxyl groups excluding tert-OH is 1. The van der Waals surface area contributed by atoms with Crippen LogP contribution in [0.2, 0.25) is 0 Å². The van der Waals surface area contributed by atoms with Crippen molar-refractivity contribution in [3.63, 3.8) is 0 Å². The van der Waals surface area contributed by atoms with Gasteiger partial charge in [0.1, 0.15) is 22.8 Å². The minimum absolute atomic E-state index is 0.123. The SMILES string of the molecule is Cc1ccc(-c2nc(CO)cc3oc(C)cc23)o1. The average Bonchev–Trinajstić information content (AvgIpc) is 2.92. The monoisotopic (exact) mass is 243 g/mol. The molecule has 3 rings (SSSR count). The number of furan rings is 2. The lowest BCUT2D eigenvalue weighted by Gasteiger charge is -2.01. The maximum Gasteiger partial charge on any atom is 0.153 e. The van der Waals surface area contributed by atoms with Crippen LogP contribution < -0.4 is 0 Å². The standard InChI is InChI=1S/C14H13NO3/c1-8-3-4-12(17-8)14-11-5-9(2)18-13(11)6-10(7-16)15-14/h3-6,16H,7H2,1-2H3. The summed E-state index contributed by atoms with van der Waals surface area (Å²) in [7, 11) is 0. The van der Waals surface area contributed by atoms with Crippen molar-refractivity contribution in [1.82, 2.24) is 4.98 Å². The van der Waals surface area contributed by atoms with Crippen LogP contribution >= 0.6 is 0 Å². The van der Waals surface area contributed by atoms with E-state index >= 15 is 0 Å². The summed E-state index contributed by atoms with van der Waals surface area (Å²) in [4.78, 5) is 4.41. The van der Waals surface area contributed by atoms with Crippen LogP contribution in [0.25, 0.3) is 22.4 Å². The number of hydrogen-bond acceptors (Lipinski definition) is 4. The molecule has 3 aromatic heterocycles. The number of aromatic nitrogens is 1. The quantitative estimate of drug-likeness (QED) is 0.750. The van der Waals surface area contributed by atoms with Crippen LogP contribution in [0.5, 0.6) is 0 Å². The van der Waals surface area contributed by atoms with E-state index in [4.69, 9.17) is 8.83 Å². The second-order valence-electron chi connectivity index (χ2n) is 4.30. The second-order valence-corrected chi connectivity index (χ2v) is 4.30. The number of aliphatic hydroxyl groups is 1. The third-order valence-corrected chi connectivity index (χ3v) is 2.83.